The number of aryl methyl sites for hydroxylation is 3. The molecule has 1 saturated heterocycles. The first kappa shape index (κ1) is 15.4. The normalized spacial score (nSPS) is 21.0. The standard InChI is InChI=1S/C17H23N5O2/c1-11-9-16(24-21-11)20-15(23)10-22-8-4-7-14(22)17-18-12-5-2-3-6-13(12)19-17/h9,14H,2-8,10H2,1H3,(H,18,19)(H,20,23). The van der Waals surface area contributed by atoms with Gasteiger partial charge in [0.1, 0.15) is 5.82 Å². The van der Waals surface area contributed by atoms with Gasteiger partial charge in [-0.15, -0.1) is 0 Å². The van der Waals surface area contributed by atoms with Crippen LogP contribution in [0.25, 0.3) is 0 Å². The third-order valence-electron chi connectivity index (χ3n) is 4.89. The molecule has 2 aromatic rings. The van der Waals surface area contributed by atoms with E-state index >= 15 is 0 Å². The highest BCUT2D eigenvalue weighted by molar-refractivity contribution is 5.91. The predicted octanol–water partition coefficient (Wildman–Crippen LogP) is 2.36. The number of aromatic nitrogens is 3. The van der Waals surface area contributed by atoms with Gasteiger partial charge in [-0.05, 0) is 52.0 Å². The number of nitrogens with one attached hydrogen (secondary N) is 2. The van der Waals surface area contributed by atoms with Crippen LogP contribution in [-0.2, 0) is 17.6 Å². The number of imidazole rings is 1. The highest BCUT2D eigenvalue weighted by Crippen LogP contribution is 2.32. The molecule has 0 spiro atoms. The molecule has 2 aromatic heterocycles. The minimum atomic E-state index is -0.0747. The molecular weight excluding hydrogens is 306 g/mol. The number of fused-ring (bicyclic) bond motifs is 1. The summed E-state index contributed by atoms with van der Waals surface area (Å²) in [6, 6.07) is 1.93. The van der Waals surface area contributed by atoms with E-state index in [4.69, 9.17) is 9.51 Å². The number of carbonyl (C=O) groups excluding carboxylic acids is 1. The number of aromatic amines is 1. The molecule has 1 amide bonds. The second kappa shape index (κ2) is 6.39. The van der Waals surface area contributed by atoms with Crippen molar-refractivity contribution in [2.45, 2.75) is 51.5 Å². The van der Waals surface area contributed by atoms with Crippen LogP contribution in [0, 0.1) is 6.92 Å². The van der Waals surface area contributed by atoms with Crippen molar-refractivity contribution in [3.8, 4) is 0 Å². The molecule has 7 heteroatoms. The van der Waals surface area contributed by atoms with E-state index in [1.807, 2.05) is 6.92 Å². The maximum Gasteiger partial charge on any atom is 0.240 e. The van der Waals surface area contributed by atoms with E-state index in [1.54, 1.807) is 6.07 Å². The molecule has 1 atom stereocenters. The zero-order chi connectivity index (χ0) is 16.5. The number of H-pyrrole nitrogens is 1. The van der Waals surface area contributed by atoms with Crippen molar-refractivity contribution in [1.82, 2.24) is 20.0 Å². The molecule has 1 aliphatic heterocycles. The third kappa shape index (κ3) is 3.08. The minimum absolute atomic E-state index is 0.0747. The molecule has 128 valence electrons. The Hall–Kier alpha value is -2.15. The molecule has 1 unspecified atom stereocenters. The number of anilines is 1. The Kier molecular flexibility index (Phi) is 4.10. The van der Waals surface area contributed by atoms with Gasteiger partial charge in [-0.1, -0.05) is 5.16 Å². The number of amides is 1. The quantitative estimate of drug-likeness (QED) is 0.899. The Balaban J connectivity index is 1.42. The molecule has 24 heavy (non-hydrogen) atoms. The van der Waals surface area contributed by atoms with Crippen molar-refractivity contribution in [2.75, 3.05) is 18.4 Å². The summed E-state index contributed by atoms with van der Waals surface area (Å²) in [4.78, 5) is 22.8. The topological polar surface area (TPSA) is 87.0 Å². The molecule has 1 aliphatic carbocycles. The maximum absolute atomic E-state index is 12.3. The molecule has 0 radical (unpaired) electrons. The molecule has 0 bridgehead atoms. The summed E-state index contributed by atoms with van der Waals surface area (Å²) in [6.07, 6.45) is 6.77. The SMILES string of the molecule is Cc1cc(NC(=O)CN2CCCC2c2nc3c([nH]2)CCCC3)on1. The first-order valence-electron chi connectivity index (χ1n) is 8.74. The van der Waals surface area contributed by atoms with Crippen molar-refractivity contribution >= 4 is 11.8 Å². The highest BCUT2D eigenvalue weighted by Gasteiger charge is 2.31. The van der Waals surface area contributed by atoms with Gasteiger partial charge in [0.15, 0.2) is 0 Å². The fourth-order valence-electron chi connectivity index (χ4n) is 3.74. The van der Waals surface area contributed by atoms with Crippen LogP contribution in [0.1, 0.15) is 54.6 Å². The number of hydrogen-bond donors (Lipinski definition) is 2. The largest absolute Gasteiger partial charge is 0.344 e. The Morgan fingerprint density at radius 3 is 3.08 bits per heavy atom. The Labute approximate surface area is 140 Å². The van der Waals surface area contributed by atoms with Crippen molar-refractivity contribution < 1.29 is 9.32 Å². The van der Waals surface area contributed by atoms with E-state index in [9.17, 15) is 4.79 Å². The van der Waals surface area contributed by atoms with Gasteiger partial charge in [-0.25, -0.2) is 4.98 Å². The van der Waals surface area contributed by atoms with Crippen LogP contribution in [0.3, 0.4) is 0 Å². The highest BCUT2D eigenvalue weighted by atomic mass is 16.5. The van der Waals surface area contributed by atoms with Crippen molar-refractivity contribution in [1.29, 1.82) is 0 Å². The molecule has 0 aromatic carbocycles. The van der Waals surface area contributed by atoms with Crippen LogP contribution in [0.2, 0.25) is 0 Å². The number of rotatable bonds is 4. The molecule has 1 fully saturated rings. The summed E-state index contributed by atoms with van der Waals surface area (Å²) in [5.41, 5.74) is 3.28. The second-order valence-electron chi connectivity index (χ2n) is 6.76. The van der Waals surface area contributed by atoms with Gasteiger partial charge in [0.05, 0.1) is 24.0 Å². The Morgan fingerprint density at radius 2 is 2.29 bits per heavy atom. The van der Waals surface area contributed by atoms with Gasteiger partial charge < -0.3 is 9.51 Å². The first-order chi connectivity index (χ1) is 11.7. The summed E-state index contributed by atoms with van der Waals surface area (Å²) in [5, 5.41) is 6.55. The van der Waals surface area contributed by atoms with E-state index in [-0.39, 0.29) is 11.9 Å². The van der Waals surface area contributed by atoms with Gasteiger partial charge >= 0.3 is 0 Å². The number of carbonyl (C=O) groups is 1. The molecule has 7 nitrogen and oxygen atoms in total. The van der Waals surface area contributed by atoms with Gasteiger partial charge in [0, 0.05) is 11.8 Å². The van der Waals surface area contributed by atoms with E-state index < -0.39 is 0 Å². The van der Waals surface area contributed by atoms with E-state index in [2.05, 4.69) is 20.4 Å². The summed E-state index contributed by atoms with van der Waals surface area (Å²) >= 11 is 0. The lowest BCUT2D eigenvalue weighted by Gasteiger charge is -2.21. The minimum Gasteiger partial charge on any atom is -0.344 e. The van der Waals surface area contributed by atoms with Crippen molar-refractivity contribution in [3.05, 3.63) is 29.0 Å². The van der Waals surface area contributed by atoms with Crippen LogP contribution < -0.4 is 5.32 Å². The van der Waals surface area contributed by atoms with Gasteiger partial charge in [-0.2, -0.15) is 0 Å². The van der Waals surface area contributed by atoms with Crippen molar-refractivity contribution in [2.24, 2.45) is 0 Å². The molecule has 2 N–H and O–H groups in total. The number of likely N-dealkylation sites (tertiary alicyclic amines) is 1. The molecule has 3 heterocycles. The smallest absolute Gasteiger partial charge is 0.240 e. The van der Waals surface area contributed by atoms with E-state index in [0.717, 1.165) is 43.7 Å². The molecule has 2 aliphatic rings. The Bertz CT molecular complexity index is 712. The van der Waals surface area contributed by atoms with Crippen LogP contribution >= 0.6 is 0 Å². The van der Waals surface area contributed by atoms with Crippen LogP contribution in [0.15, 0.2) is 10.6 Å². The lowest BCUT2D eigenvalue weighted by molar-refractivity contribution is -0.117. The molecular formula is C17H23N5O2. The Morgan fingerprint density at radius 1 is 1.42 bits per heavy atom. The average Bonchev–Trinajstić information content (AvgIpc) is 3.26. The summed E-state index contributed by atoms with van der Waals surface area (Å²) < 4.78 is 5.05. The van der Waals surface area contributed by atoms with E-state index in [0.29, 0.717) is 12.4 Å². The fraction of sp³-hybridized carbons (Fsp3) is 0.588. The van der Waals surface area contributed by atoms with Crippen molar-refractivity contribution in [3.63, 3.8) is 0 Å². The van der Waals surface area contributed by atoms with Gasteiger partial charge in [0.25, 0.3) is 0 Å². The van der Waals surface area contributed by atoms with Crippen LogP contribution in [0.5, 0.6) is 0 Å². The number of nitrogens with zero attached hydrogens (tertiary/aromatic N) is 3. The monoisotopic (exact) mass is 329 g/mol. The zero-order valence-electron chi connectivity index (χ0n) is 14.0. The van der Waals surface area contributed by atoms with Crippen LogP contribution in [0.4, 0.5) is 5.88 Å². The van der Waals surface area contributed by atoms with Crippen LogP contribution in [-0.4, -0.2) is 39.0 Å². The lowest BCUT2D eigenvalue weighted by Crippen LogP contribution is -2.33. The third-order valence-corrected chi connectivity index (χ3v) is 4.89. The summed E-state index contributed by atoms with van der Waals surface area (Å²) in [7, 11) is 0. The molecule has 4 rings (SSSR count). The number of hydrogen-bond acceptors (Lipinski definition) is 5. The first-order valence-corrected chi connectivity index (χ1v) is 8.74. The zero-order valence-corrected chi connectivity index (χ0v) is 14.0. The summed E-state index contributed by atoms with van der Waals surface area (Å²) in [5.74, 6) is 1.36. The predicted molar refractivity (Wildman–Crippen MR) is 88.6 cm³/mol. The maximum atomic E-state index is 12.3. The summed E-state index contributed by atoms with van der Waals surface area (Å²) in [6.45, 7) is 3.09. The van der Waals surface area contributed by atoms with Gasteiger partial charge in [0.2, 0.25) is 11.8 Å². The fourth-order valence-corrected chi connectivity index (χ4v) is 3.74. The molecule has 0 saturated carbocycles. The van der Waals surface area contributed by atoms with E-state index in [1.165, 1.54) is 24.2 Å². The lowest BCUT2D eigenvalue weighted by atomic mass is 10.0. The van der Waals surface area contributed by atoms with Gasteiger partial charge in [-0.3, -0.25) is 15.0 Å². The second-order valence-corrected chi connectivity index (χ2v) is 6.76. The average molecular weight is 329 g/mol.